The summed E-state index contributed by atoms with van der Waals surface area (Å²) in [7, 11) is 0. The summed E-state index contributed by atoms with van der Waals surface area (Å²) in [5, 5.41) is 3.89. The Morgan fingerprint density at radius 3 is 2.69 bits per heavy atom. The number of rotatable bonds is 5. The summed E-state index contributed by atoms with van der Waals surface area (Å²) >= 11 is 5.98. The molecule has 3 aromatic rings. The summed E-state index contributed by atoms with van der Waals surface area (Å²) in [6.07, 6.45) is 0.577. The van der Waals surface area contributed by atoms with Crippen LogP contribution in [-0.4, -0.2) is 46.1 Å². The quantitative estimate of drug-likeness (QED) is 0.596. The smallest absolute Gasteiger partial charge is 0.323 e. The molecule has 7 nitrogen and oxygen atoms in total. The van der Waals surface area contributed by atoms with E-state index in [0.29, 0.717) is 28.0 Å². The predicted octanol–water partition coefficient (Wildman–Crippen LogP) is 4.37. The summed E-state index contributed by atoms with van der Waals surface area (Å²) < 4.78 is 15.8. The highest BCUT2D eigenvalue weighted by Crippen LogP contribution is 2.28. The normalized spacial score (nSPS) is 18.1. The number of primary amides is 1. The van der Waals surface area contributed by atoms with Gasteiger partial charge in [0, 0.05) is 29.6 Å². The molecule has 0 radical (unpaired) electrons. The molecule has 1 aliphatic rings. The van der Waals surface area contributed by atoms with Crippen LogP contribution in [0.4, 0.5) is 19.7 Å². The van der Waals surface area contributed by atoms with Gasteiger partial charge in [0.05, 0.1) is 11.2 Å². The third-order valence-corrected chi connectivity index (χ3v) is 5.89. The number of fused-ring (bicyclic) bond motifs is 1. The van der Waals surface area contributed by atoms with E-state index in [9.17, 15) is 18.8 Å². The number of amides is 3. The molecule has 2 atom stereocenters. The van der Waals surface area contributed by atoms with Gasteiger partial charge in [0.2, 0.25) is 0 Å². The Balaban J connectivity index is 1.50. The largest absolute Gasteiger partial charge is 0.351 e. The van der Waals surface area contributed by atoms with Crippen LogP contribution < -0.4 is 11.1 Å². The maximum atomic E-state index is 14.6. The van der Waals surface area contributed by atoms with E-state index in [1.165, 1.54) is 15.7 Å². The summed E-state index contributed by atoms with van der Waals surface area (Å²) in [6, 6.07) is 11.6. The van der Waals surface area contributed by atoms with Crippen LogP contribution in [0, 0.1) is 0 Å². The van der Waals surface area contributed by atoms with Gasteiger partial charge < -0.3 is 16.0 Å². The molecule has 3 amide bonds. The lowest BCUT2D eigenvalue weighted by Crippen LogP contribution is -2.46. The standard InChI is InChI=1S/C23H22ClFN4O3/c24-15-5-3-4-14(12-15)8-9-20(30)21-17(25)10-11-28(21)23(32)27-18-13-29(22(26)31)19-7-2-1-6-16(18)19/h1-7,12-13,17,21H,8-11H2,(H2,26,31)(H,27,32)/t17-,21-/m0/s1. The van der Waals surface area contributed by atoms with E-state index in [-0.39, 0.29) is 25.2 Å². The number of hydrogen-bond acceptors (Lipinski definition) is 3. The molecule has 0 spiro atoms. The van der Waals surface area contributed by atoms with Gasteiger partial charge in [0.25, 0.3) is 0 Å². The van der Waals surface area contributed by atoms with Gasteiger partial charge in [-0.1, -0.05) is 41.9 Å². The number of carbonyl (C=O) groups is 3. The molecule has 0 aliphatic carbocycles. The van der Waals surface area contributed by atoms with Gasteiger partial charge in [-0.05, 0) is 36.6 Å². The molecular weight excluding hydrogens is 435 g/mol. The van der Waals surface area contributed by atoms with Gasteiger partial charge in [-0.3, -0.25) is 9.36 Å². The van der Waals surface area contributed by atoms with Gasteiger partial charge >= 0.3 is 12.1 Å². The first-order valence-electron chi connectivity index (χ1n) is 10.2. The number of nitrogens with zero attached hydrogens (tertiary/aromatic N) is 2. The minimum absolute atomic E-state index is 0.0873. The van der Waals surface area contributed by atoms with Crippen molar-refractivity contribution < 1.29 is 18.8 Å². The zero-order chi connectivity index (χ0) is 22.8. The van der Waals surface area contributed by atoms with Gasteiger partial charge in [-0.25, -0.2) is 14.0 Å². The van der Waals surface area contributed by atoms with Gasteiger partial charge in [-0.2, -0.15) is 0 Å². The van der Waals surface area contributed by atoms with E-state index < -0.39 is 24.3 Å². The number of ketones is 1. The van der Waals surface area contributed by atoms with E-state index >= 15 is 0 Å². The summed E-state index contributed by atoms with van der Waals surface area (Å²) in [5.74, 6) is -0.343. The third-order valence-electron chi connectivity index (χ3n) is 5.65. The predicted molar refractivity (Wildman–Crippen MR) is 121 cm³/mol. The lowest BCUT2D eigenvalue weighted by atomic mass is 10.0. The van der Waals surface area contributed by atoms with Crippen molar-refractivity contribution in [2.24, 2.45) is 5.73 Å². The number of aryl methyl sites for hydroxylation is 1. The molecule has 9 heteroatoms. The number of nitrogens with one attached hydrogen (secondary N) is 1. The summed E-state index contributed by atoms with van der Waals surface area (Å²) in [4.78, 5) is 38.7. The van der Waals surface area contributed by atoms with E-state index in [2.05, 4.69) is 5.32 Å². The first-order chi connectivity index (χ1) is 15.3. The number of anilines is 1. The van der Waals surface area contributed by atoms with Crippen molar-refractivity contribution in [3.05, 3.63) is 65.3 Å². The van der Waals surface area contributed by atoms with E-state index in [0.717, 1.165) is 5.56 Å². The molecule has 32 heavy (non-hydrogen) atoms. The minimum atomic E-state index is -1.43. The number of alkyl halides is 1. The first-order valence-corrected chi connectivity index (χ1v) is 10.6. The molecule has 1 saturated heterocycles. The van der Waals surface area contributed by atoms with Crippen molar-refractivity contribution in [1.29, 1.82) is 0 Å². The summed E-state index contributed by atoms with van der Waals surface area (Å²) in [6.45, 7) is 0.120. The van der Waals surface area contributed by atoms with Crippen LogP contribution in [0.3, 0.4) is 0 Å². The van der Waals surface area contributed by atoms with Crippen LogP contribution in [0.15, 0.2) is 54.7 Å². The average Bonchev–Trinajstić information content (AvgIpc) is 3.33. The maximum Gasteiger partial charge on any atom is 0.323 e. The van der Waals surface area contributed by atoms with E-state index in [1.54, 1.807) is 42.5 Å². The van der Waals surface area contributed by atoms with Crippen molar-refractivity contribution in [3.8, 4) is 0 Å². The molecule has 4 rings (SSSR count). The molecule has 1 aliphatic heterocycles. The number of halogens is 2. The second-order valence-corrected chi connectivity index (χ2v) is 8.17. The van der Waals surface area contributed by atoms with Crippen LogP contribution in [0.25, 0.3) is 10.9 Å². The number of aromatic nitrogens is 1. The van der Waals surface area contributed by atoms with Crippen LogP contribution in [0.1, 0.15) is 18.4 Å². The van der Waals surface area contributed by atoms with Crippen LogP contribution in [-0.2, 0) is 11.2 Å². The number of hydrogen-bond donors (Lipinski definition) is 2. The third kappa shape index (κ3) is 4.31. The van der Waals surface area contributed by atoms with Crippen molar-refractivity contribution in [3.63, 3.8) is 0 Å². The Morgan fingerprint density at radius 2 is 1.94 bits per heavy atom. The highest BCUT2D eigenvalue weighted by molar-refractivity contribution is 6.30. The Labute approximate surface area is 188 Å². The van der Waals surface area contributed by atoms with E-state index in [1.807, 2.05) is 6.07 Å². The Kier molecular flexibility index (Phi) is 6.14. The number of urea groups is 1. The fourth-order valence-corrected chi connectivity index (χ4v) is 4.33. The molecule has 2 aromatic carbocycles. The van der Waals surface area contributed by atoms with Crippen molar-refractivity contribution in [2.75, 3.05) is 11.9 Å². The molecule has 0 saturated carbocycles. The zero-order valence-corrected chi connectivity index (χ0v) is 17.9. The molecular formula is C23H22ClFN4O3. The Bertz CT molecular complexity index is 1190. The SMILES string of the molecule is NC(=O)n1cc(NC(=O)N2CC[C@H](F)[C@H]2C(=O)CCc2cccc(Cl)c2)c2ccccc21. The topological polar surface area (TPSA) is 97.4 Å². The van der Waals surface area contributed by atoms with Gasteiger partial charge in [0.15, 0.2) is 5.78 Å². The minimum Gasteiger partial charge on any atom is -0.351 e. The number of carbonyl (C=O) groups excluding carboxylic acids is 3. The van der Waals surface area contributed by atoms with Crippen LogP contribution >= 0.6 is 11.6 Å². The number of likely N-dealkylation sites (tertiary alicyclic amines) is 1. The number of para-hydroxylation sites is 1. The molecule has 1 aromatic heterocycles. The highest BCUT2D eigenvalue weighted by Gasteiger charge is 2.41. The number of benzene rings is 2. The Hall–Kier alpha value is -3.39. The second kappa shape index (κ2) is 9.00. The molecule has 0 bridgehead atoms. The Morgan fingerprint density at radius 1 is 1.16 bits per heavy atom. The summed E-state index contributed by atoms with van der Waals surface area (Å²) in [5.41, 5.74) is 7.18. The van der Waals surface area contributed by atoms with Crippen molar-refractivity contribution in [1.82, 2.24) is 9.47 Å². The lowest BCUT2D eigenvalue weighted by Gasteiger charge is -2.24. The molecule has 3 N–H and O–H groups in total. The fraction of sp³-hybridized carbons (Fsp3) is 0.261. The highest BCUT2D eigenvalue weighted by atomic mass is 35.5. The first kappa shape index (κ1) is 21.8. The maximum absolute atomic E-state index is 14.6. The molecule has 1 fully saturated rings. The van der Waals surface area contributed by atoms with Crippen LogP contribution in [0.5, 0.6) is 0 Å². The molecule has 166 valence electrons. The number of Topliss-reactive ketones (excluding diaryl/α,β-unsaturated/α-hetero) is 1. The second-order valence-electron chi connectivity index (χ2n) is 7.74. The lowest BCUT2D eigenvalue weighted by molar-refractivity contribution is -0.123. The van der Waals surface area contributed by atoms with Gasteiger partial charge in [0.1, 0.15) is 12.2 Å². The van der Waals surface area contributed by atoms with Crippen molar-refractivity contribution >= 4 is 46.0 Å². The molecule has 2 heterocycles. The zero-order valence-electron chi connectivity index (χ0n) is 17.1. The van der Waals surface area contributed by atoms with Gasteiger partial charge in [-0.15, -0.1) is 0 Å². The van der Waals surface area contributed by atoms with Crippen LogP contribution in [0.2, 0.25) is 5.02 Å². The number of nitrogens with two attached hydrogens (primary N) is 1. The fourth-order valence-electron chi connectivity index (χ4n) is 4.11. The van der Waals surface area contributed by atoms with E-state index in [4.69, 9.17) is 17.3 Å². The van der Waals surface area contributed by atoms with Crippen molar-refractivity contribution in [2.45, 2.75) is 31.5 Å². The average molecular weight is 457 g/mol. The monoisotopic (exact) mass is 456 g/mol. The molecule has 0 unspecified atom stereocenters.